The molecule has 0 spiro atoms. The maximum Gasteiger partial charge on any atom is 0.216 e. The van der Waals surface area contributed by atoms with Crippen LogP contribution >= 0.6 is 12.2 Å². The van der Waals surface area contributed by atoms with Crippen LogP contribution in [0.3, 0.4) is 0 Å². The Labute approximate surface area is 146 Å². The lowest BCUT2D eigenvalue weighted by molar-refractivity contribution is 0.590. The zero-order valence-corrected chi connectivity index (χ0v) is 14.7. The van der Waals surface area contributed by atoms with Gasteiger partial charge in [0.15, 0.2) is 5.82 Å². The van der Waals surface area contributed by atoms with E-state index in [2.05, 4.69) is 53.2 Å². The van der Waals surface area contributed by atoms with Crippen molar-refractivity contribution in [2.24, 2.45) is 5.10 Å². The van der Waals surface area contributed by atoms with Gasteiger partial charge in [0.25, 0.3) is 0 Å². The van der Waals surface area contributed by atoms with Gasteiger partial charge in [0.05, 0.1) is 6.21 Å². The summed E-state index contributed by atoms with van der Waals surface area (Å²) in [5.41, 5.74) is 3.29. The number of pyridine rings is 1. The molecule has 122 valence electrons. The molecule has 1 aromatic carbocycles. The normalized spacial score (nSPS) is 12.0. The Hall–Kier alpha value is -2.60. The molecule has 0 saturated heterocycles. The number of aromatic nitrogens is 4. The van der Waals surface area contributed by atoms with E-state index in [0.29, 0.717) is 10.6 Å². The second kappa shape index (κ2) is 6.49. The van der Waals surface area contributed by atoms with Gasteiger partial charge in [-0.2, -0.15) is 14.9 Å². The molecule has 0 aliphatic carbocycles. The minimum Gasteiger partial charge on any atom is -0.265 e. The molecule has 2 heterocycles. The summed E-state index contributed by atoms with van der Waals surface area (Å²) >= 11 is 5.29. The van der Waals surface area contributed by atoms with Crippen LogP contribution in [-0.4, -0.2) is 26.1 Å². The maximum atomic E-state index is 5.29. The number of aromatic amines is 1. The van der Waals surface area contributed by atoms with Crippen LogP contribution in [0.25, 0.3) is 11.4 Å². The highest BCUT2D eigenvalue weighted by Crippen LogP contribution is 2.25. The minimum absolute atomic E-state index is 0.114. The van der Waals surface area contributed by atoms with Crippen molar-refractivity contribution in [1.82, 2.24) is 19.9 Å². The van der Waals surface area contributed by atoms with Gasteiger partial charge in [-0.15, -0.1) is 0 Å². The van der Waals surface area contributed by atoms with Crippen LogP contribution in [0.2, 0.25) is 0 Å². The number of nitrogens with zero attached hydrogens (tertiary/aromatic N) is 4. The van der Waals surface area contributed by atoms with Crippen molar-refractivity contribution in [2.75, 3.05) is 0 Å². The van der Waals surface area contributed by atoms with Crippen molar-refractivity contribution in [3.05, 3.63) is 64.7 Å². The van der Waals surface area contributed by atoms with Gasteiger partial charge in [-0.05, 0) is 40.9 Å². The molecule has 0 atom stereocenters. The average molecular weight is 337 g/mol. The van der Waals surface area contributed by atoms with Crippen molar-refractivity contribution in [3.8, 4) is 11.4 Å². The summed E-state index contributed by atoms with van der Waals surface area (Å²) in [6.07, 6.45) is 5.18. The number of hydrogen-bond acceptors (Lipinski definition) is 4. The fourth-order valence-corrected chi connectivity index (χ4v) is 2.46. The highest BCUT2D eigenvalue weighted by molar-refractivity contribution is 7.71. The molecule has 5 nitrogen and oxygen atoms in total. The lowest BCUT2D eigenvalue weighted by atomic mass is 9.87. The van der Waals surface area contributed by atoms with Crippen LogP contribution in [0, 0.1) is 4.77 Å². The van der Waals surface area contributed by atoms with E-state index in [1.54, 1.807) is 23.3 Å². The molecular formula is C18H19N5S. The molecule has 0 aliphatic rings. The van der Waals surface area contributed by atoms with E-state index in [1.807, 2.05) is 24.3 Å². The lowest BCUT2D eigenvalue weighted by Gasteiger charge is -2.18. The smallest absolute Gasteiger partial charge is 0.216 e. The van der Waals surface area contributed by atoms with E-state index < -0.39 is 0 Å². The first-order valence-corrected chi connectivity index (χ1v) is 8.09. The second-order valence-corrected chi connectivity index (χ2v) is 6.90. The van der Waals surface area contributed by atoms with E-state index in [9.17, 15) is 0 Å². The fourth-order valence-electron chi connectivity index (χ4n) is 2.28. The van der Waals surface area contributed by atoms with Crippen molar-refractivity contribution in [1.29, 1.82) is 0 Å². The van der Waals surface area contributed by atoms with Crippen molar-refractivity contribution in [3.63, 3.8) is 0 Å². The third-order valence-electron chi connectivity index (χ3n) is 3.69. The molecule has 0 unspecified atom stereocenters. The molecule has 24 heavy (non-hydrogen) atoms. The average Bonchev–Trinajstić information content (AvgIpc) is 2.94. The number of hydrogen-bond donors (Lipinski definition) is 1. The van der Waals surface area contributed by atoms with E-state index >= 15 is 0 Å². The molecular weight excluding hydrogens is 318 g/mol. The van der Waals surface area contributed by atoms with Gasteiger partial charge < -0.3 is 0 Å². The number of benzene rings is 1. The first-order valence-electron chi connectivity index (χ1n) is 7.68. The predicted octanol–water partition coefficient (Wildman–Crippen LogP) is 4.18. The predicted molar refractivity (Wildman–Crippen MR) is 98.8 cm³/mol. The Morgan fingerprint density at radius 2 is 1.75 bits per heavy atom. The Kier molecular flexibility index (Phi) is 4.40. The number of rotatable bonds is 3. The molecule has 6 heteroatoms. The monoisotopic (exact) mass is 337 g/mol. The summed E-state index contributed by atoms with van der Waals surface area (Å²) in [5.74, 6) is 0.686. The van der Waals surface area contributed by atoms with E-state index in [4.69, 9.17) is 12.2 Å². The van der Waals surface area contributed by atoms with Crippen LogP contribution < -0.4 is 0 Å². The van der Waals surface area contributed by atoms with E-state index in [0.717, 1.165) is 11.1 Å². The van der Waals surface area contributed by atoms with Gasteiger partial charge in [0.1, 0.15) is 0 Å². The lowest BCUT2D eigenvalue weighted by Crippen LogP contribution is -2.10. The van der Waals surface area contributed by atoms with Gasteiger partial charge in [-0.25, -0.2) is 5.10 Å². The zero-order valence-electron chi connectivity index (χ0n) is 13.9. The van der Waals surface area contributed by atoms with Crippen LogP contribution in [0.4, 0.5) is 0 Å². The summed E-state index contributed by atoms with van der Waals surface area (Å²) < 4.78 is 2.08. The molecule has 0 aliphatic heterocycles. The SMILES string of the molecule is CC(C)(C)c1ccc(-c2n[nH]c(=S)n2/N=C\c2ccncc2)cc1. The number of nitrogens with one attached hydrogen (secondary N) is 1. The maximum absolute atomic E-state index is 5.29. The minimum atomic E-state index is 0.114. The van der Waals surface area contributed by atoms with E-state index in [-0.39, 0.29) is 5.41 Å². The van der Waals surface area contributed by atoms with Gasteiger partial charge in [-0.3, -0.25) is 4.98 Å². The zero-order chi connectivity index (χ0) is 17.2. The molecule has 1 N–H and O–H groups in total. The molecule has 0 amide bonds. The van der Waals surface area contributed by atoms with Crippen LogP contribution in [0.5, 0.6) is 0 Å². The van der Waals surface area contributed by atoms with Crippen LogP contribution in [0.15, 0.2) is 53.9 Å². The van der Waals surface area contributed by atoms with Crippen LogP contribution in [-0.2, 0) is 5.41 Å². The molecule has 3 aromatic rings. The summed E-state index contributed by atoms with van der Waals surface area (Å²) in [5, 5.41) is 11.6. The molecule has 0 fully saturated rings. The third-order valence-corrected chi connectivity index (χ3v) is 3.95. The van der Waals surface area contributed by atoms with Gasteiger partial charge in [0, 0.05) is 18.0 Å². The van der Waals surface area contributed by atoms with Crippen molar-refractivity contribution < 1.29 is 0 Å². The number of H-pyrrole nitrogens is 1. The summed E-state index contributed by atoms with van der Waals surface area (Å²) in [6.45, 7) is 6.57. The van der Waals surface area contributed by atoms with Gasteiger partial charge in [-0.1, -0.05) is 45.0 Å². The van der Waals surface area contributed by atoms with Crippen molar-refractivity contribution >= 4 is 18.4 Å². The Bertz CT molecular complexity index is 899. The standard InChI is InChI=1S/C18H19N5S/c1-18(2,3)15-6-4-14(5-7-15)16-21-22-17(24)23(16)20-12-13-8-10-19-11-9-13/h4-12H,1-3H3,(H,22,24)/b20-12-. The summed E-state index contributed by atoms with van der Waals surface area (Å²) in [7, 11) is 0. The molecule has 3 rings (SSSR count). The Balaban J connectivity index is 1.96. The topological polar surface area (TPSA) is 58.9 Å². The third kappa shape index (κ3) is 3.49. The summed E-state index contributed by atoms with van der Waals surface area (Å²) in [6, 6.07) is 12.1. The fraction of sp³-hybridized carbons (Fsp3) is 0.222. The van der Waals surface area contributed by atoms with Gasteiger partial charge in [0.2, 0.25) is 4.77 Å². The first kappa shape index (κ1) is 16.3. The molecule has 0 saturated carbocycles. The van der Waals surface area contributed by atoms with E-state index in [1.165, 1.54) is 5.56 Å². The van der Waals surface area contributed by atoms with Crippen molar-refractivity contribution in [2.45, 2.75) is 26.2 Å². The Morgan fingerprint density at radius 1 is 1.08 bits per heavy atom. The molecule has 2 aromatic heterocycles. The molecule has 0 bridgehead atoms. The molecule has 0 radical (unpaired) electrons. The highest BCUT2D eigenvalue weighted by Gasteiger charge is 2.14. The Morgan fingerprint density at radius 3 is 2.38 bits per heavy atom. The second-order valence-electron chi connectivity index (χ2n) is 6.52. The highest BCUT2D eigenvalue weighted by atomic mass is 32.1. The summed E-state index contributed by atoms with van der Waals surface area (Å²) in [4.78, 5) is 3.99. The quantitative estimate of drug-likeness (QED) is 0.576. The van der Waals surface area contributed by atoms with Crippen LogP contribution in [0.1, 0.15) is 31.9 Å². The largest absolute Gasteiger partial charge is 0.265 e. The van der Waals surface area contributed by atoms with Gasteiger partial charge >= 0.3 is 0 Å². The first-order chi connectivity index (χ1) is 11.4.